The number of amides is 1. The number of hydrazone groups is 1. The van der Waals surface area contributed by atoms with E-state index in [1.807, 2.05) is 0 Å². The molecule has 1 aromatic heterocycles. The van der Waals surface area contributed by atoms with Gasteiger partial charge in [-0.3, -0.25) is 4.79 Å². The maximum absolute atomic E-state index is 11.6. The van der Waals surface area contributed by atoms with E-state index < -0.39 is 11.1 Å². The van der Waals surface area contributed by atoms with Crippen molar-refractivity contribution in [3.05, 3.63) is 30.1 Å². The topological polar surface area (TPSA) is 158 Å². The summed E-state index contributed by atoms with van der Waals surface area (Å²) in [6.07, 6.45) is 2.35. The largest absolute Gasteiger partial charge is 0.508 e. The third-order valence-corrected chi connectivity index (χ3v) is 2.45. The summed E-state index contributed by atoms with van der Waals surface area (Å²) in [7, 11) is 0. The van der Waals surface area contributed by atoms with Crippen LogP contribution in [0, 0.1) is 0 Å². The highest BCUT2D eigenvalue weighted by molar-refractivity contribution is 5.85. The lowest BCUT2D eigenvalue weighted by atomic mass is 10.2. The molecule has 2 rings (SSSR count). The molecule has 2 aromatic rings. The van der Waals surface area contributed by atoms with Crippen molar-refractivity contribution in [2.45, 2.75) is 6.54 Å². The Kier molecular flexibility index (Phi) is 4.63. The van der Waals surface area contributed by atoms with E-state index in [9.17, 15) is 9.90 Å². The van der Waals surface area contributed by atoms with Crippen molar-refractivity contribution < 1.29 is 30.6 Å². The van der Waals surface area contributed by atoms with Gasteiger partial charge in [0.1, 0.15) is 24.4 Å². The summed E-state index contributed by atoms with van der Waals surface area (Å²) in [5, 5.41) is 42.4. The number of rotatable bonds is 5. The van der Waals surface area contributed by atoms with Crippen LogP contribution in [-0.4, -0.2) is 47.5 Å². The van der Waals surface area contributed by atoms with Gasteiger partial charge in [-0.05, 0) is 12.1 Å². The number of hydrogen-bond acceptors (Lipinski definition) is 8. The number of carbonyl (C=O) groups is 1. The lowest BCUT2D eigenvalue weighted by Gasteiger charge is -2.01. The quantitative estimate of drug-likeness (QED) is 0.279. The number of phenolic OH excluding ortho intramolecular Hbond substituents is 2. The van der Waals surface area contributed by atoms with E-state index >= 15 is 0 Å². The molecule has 6 N–H and O–H groups in total. The van der Waals surface area contributed by atoms with Crippen molar-refractivity contribution in [3.63, 3.8) is 0 Å². The maximum atomic E-state index is 11.6. The van der Waals surface area contributed by atoms with Crippen molar-refractivity contribution in [1.82, 2.24) is 20.2 Å². The number of carbonyl (C=O) groups excluding carboxylic acids is 1. The van der Waals surface area contributed by atoms with Crippen molar-refractivity contribution in [3.8, 4) is 11.5 Å². The Bertz CT molecular complexity index is 698. The van der Waals surface area contributed by atoms with Gasteiger partial charge in [-0.15, -0.1) is 0 Å². The van der Waals surface area contributed by atoms with Crippen molar-refractivity contribution in [2.75, 3.05) is 0 Å². The fraction of sp³-hybridized carbons (Fsp3) is 0.0909. The highest BCUT2D eigenvalue weighted by Crippen LogP contribution is 2.20. The van der Waals surface area contributed by atoms with E-state index in [0.29, 0.717) is 5.56 Å². The minimum Gasteiger partial charge on any atom is -0.508 e. The van der Waals surface area contributed by atoms with Gasteiger partial charge < -0.3 is 10.2 Å². The minimum atomic E-state index is -1.04. The molecule has 1 aromatic carbocycles. The SMILES string of the molecule is O=C(Cn1cnc([NH+](O)O)n1)N/N=C/c1ccc(O)cc1O. The molecule has 0 aliphatic carbocycles. The molecule has 0 saturated carbocycles. The first-order valence-electron chi connectivity index (χ1n) is 5.94. The van der Waals surface area contributed by atoms with Gasteiger partial charge in [-0.1, -0.05) is 5.10 Å². The summed E-state index contributed by atoms with van der Waals surface area (Å²) >= 11 is 0. The minimum absolute atomic E-state index is 0.0930. The molecule has 0 bridgehead atoms. The van der Waals surface area contributed by atoms with E-state index in [1.165, 1.54) is 18.3 Å². The van der Waals surface area contributed by atoms with Crippen LogP contribution in [0.2, 0.25) is 0 Å². The summed E-state index contributed by atoms with van der Waals surface area (Å²) in [6.45, 7) is -0.237. The normalized spacial score (nSPS) is 11.2. The Morgan fingerprint density at radius 2 is 2.18 bits per heavy atom. The van der Waals surface area contributed by atoms with Crippen LogP contribution in [0.3, 0.4) is 0 Å². The Labute approximate surface area is 123 Å². The first kappa shape index (κ1) is 15.4. The van der Waals surface area contributed by atoms with E-state index in [-0.39, 0.29) is 24.0 Å². The zero-order valence-corrected chi connectivity index (χ0v) is 11.1. The van der Waals surface area contributed by atoms with E-state index in [0.717, 1.165) is 17.1 Å². The molecule has 1 amide bonds. The van der Waals surface area contributed by atoms with Crippen LogP contribution < -0.4 is 10.7 Å². The molecule has 0 saturated heterocycles. The standard InChI is InChI=1S/C11H12N6O5/c18-8-2-1-7(9(19)3-8)4-13-14-10(20)5-16-6-12-11(15-16)17(21)22/h1-4,6,18-19,21-22H,5H2,(H,14,20)/p+1/b13-4+. The molecule has 22 heavy (non-hydrogen) atoms. The number of nitrogens with zero attached hydrogens (tertiary/aromatic N) is 4. The first-order chi connectivity index (χ1) is 10.5. The number of aromatic hydroxyl groups is 2. The maximum Gasteiger partial charge on any atom is 0.413 e. The molecular formula is C11H13N6O5+. The van der Waals surface area contributed by atoms with E-state index in [1.54, 1.807) is 0 Å². The lowest BCUT2D eigenvalue weighted by molar-refractivity contribution is -1.20. The smallest absolute Gasteiger partial charge is 0.413 e. The second kappa shape index (κ2) is 6.62. The number of nitrogens with one attached hydrogen (secondary N) is 2. The molecule has 0 spiro atoms. The number of benzene rings is 1. The fourth-order valence-corrected chi connectivity index (χ4v) is 1.47. The zero-order chi connectivity index (χ0) is 16.1. The predicted molar refractivity (Wildman–Crippen MR) is 69.7 cm³/mol. The summed E-state index contributed by atoms with van der Waals surface area (Å²) in [6, 6.07) is 3.92. The summed E-state index contributed by atoms with van der Waals surface area (Å²) in [5.41, 5.74) is 2.50. The fourth-order valence-electron chi connectivity index (χ4n) is 1.47. The monoisotopic (exact) mass is 309 g/mol. The van der Waals surface area contributed by atoms with Crippen LogP contribution in [-0.2, 0) is 11.3 Å². The number of phenols is 2. The Hall–Kier alpha value is -3.02. The predicted octanol–water partition coefficient (Wildman–Crippen LogP) is -1.87. The Morgan fingerprint density at radius 3 is 2.82 bits per heavy atom. The number of hydrogen-bond donors (Lipinski definition) is 6. The molecule has 0 unspecified atom stereocenters. The molecule has 0 fully saturated rings. The van der Waals surface area contributed by atoms with Gasteiger partial charge in [0.25, 0.3) is 5.91 Å². The van der Waals surface area contributed by atoms with Gasteiger partial charge in [-0.2, -0.15) is 20.5 Å². The lowest BCUT2D eigenvalue weighted by Crippen LogP contribution is -3.02. The summed E-state index contributed by atoms with van der Waals surface area (Å²) < 4.78 is 1.09. The van der Waals surface area contributed by atoms with Gasteiger partial charge in [-0.25, -0.2) is 10.1 Å². The third kappa shape index (κ3) is 3.99. The van der Waals surface area contributed by atoms with Crippen LogP contribution >= 0.6 is 0 Å². The molecule has 11 nitrogen and oxygen atoms in total. The zero-order valence-electron chi connectivity index (χ0n) is 11.1. The third-order valence-electron chi connectivity index (χ3n) is 2.45. The van der Waals surface area contributed by atoms with Gasteiger partial charge in [0.05, 0.1) is 6.21 Å². The van der Waals surface area contributed by atoms with Crippen LogP contribution in [0.4, 0.5) is 5.95 Å². The van der Waals surface area contributed by atoms with Gasteiger partial charge in [0, 0.05) is 16.9 Å². The molecule has 0 radical (unpaired) electrons. The molecule has 1 heterocycles. The molecule has 0 aliphatic heterocycles. The molecular weight excluding hydrogens is 296 g/mol. The highest BCUT2D eigenvalue weighted by atomic mass is 16.8. The van der Waals surface area contributed by atoms with E-state index in [2.05, 4.69) is 20.6 Å². The van der Waals surface area contributed by atoms with Gasteiger partial charge in [0.2, 0.25) is 0 Å². The average molecular weight is 309 g/mol. The summed E-state index contributed by atoms with van der Waals surface area (Å²) in [4.78, 5) is 15.1. The molecule has 116 valence electrons. The Balaban J connectivity index is 1.90. The van der Waals surface area contributed by atoms with Crippen LogP contribution in [0.25, 0.3) is 0 Å². The van der Waals surface area contributed by atoms with Crippen LogP contribution in [0.1, 0.15) is 5.56 Å². The molecule has 0 atom stereocenters. The van der Waals surface area contributed by atoms with Gasteiger partial charge in [0.15, 0.2) is 0 Å². The van der Waals surface area contributed by atoms with Crippen molar-refractivity contribution in [1.29, 1.82) is 0 Å². The highest BCUT2D eigenvalue weighted by Gasteiger charge is 2.13. The second-order valence-electron chi connectivity index (χ2n) is 4.13. The number of aromatic nitrogens is 3. The Morgan fingerprint density at radius 1 is 1.41 bits per heavy atom. The first-order valence-corrected chi connectivity index (χ1v) is 5.94. The number of quaternary nitrogens is 1. The second-order valence-corrected chi connectivity index (χ2v) is 4.13. The summed E-state index contributed by atoms with van der Waals surface area (Å²) in [5.74, 6) is -1.12. The van der Waals surface area contributed by atoms with Crippen LogP contribution in [0.5, 0.6) is 11.5 Å². The van der Waals surface area contributed by atoms with E-state index in [4.69, 9.17) is 15.5 Å². The van der Waals surface area contributed by atoms with Crippen molar-refractivity contribution >= 4 is 18.1 Å². The van der Waals surface area contributed by atoms with Crippen molar-refractivity contribution in [2.24, 2.45) is 5.10 Å². The van der Waals surface area contributed by atoms with Crippen LogP contribution in [0.15, 0.2) is 29.6 Å². The average Bonchev–Trinajstić information content (AvgIpc) is 2.90. The van der Waals surface area contributed by atoms with Gasteiger partial charge >= 0.3 is 5.95 Å². The molecule has 11 heteroatoms. The molecule has 0 aliphatic rings.